The van der Waals surface area contributed by atoms with E-state index in [1.807, 2.05) is 18.2 Å². The highest BCUT2D eigenvalue weighted by molar-refractivity contribution is 9.11. The summed E-state index contributed by atoms with van der Waals surface area (Å²) in [5, 5.41) is 11.8. The summed E-state index contributed by atoms with van der Waals surface area (Å²) in [7, 11) is 2.19. The minimum Gasteiger partial charge on any atom is -0.487 e. The van der Waals surface area contributed by atoms with Crippen LogP contribution in [0.15, 0.2) is 51.4 Å². The summed E-state index contributed by atoms with van der Waals surface area (Å²) in [6, 6.07) is 14.5. The fourth-order valence-electron chi connectivity index (χ4n) is 5.03. The molecule has 8 heteroatoms. The van der Waals surface area contributed by atoms with Crippen LogP contribution in [0.25, 0.3) is 0 Å². The summed E-state index contributed by atoms with van der Waals surface area (Å²) in [5.74, 6) is 0.897. The van der Waals surface area contributed by atoms with Gasteiger partial charge >= 0.3 is 0 Å². The number of ether oxygens (including phenoxy) is 1. The third-order valence-corrected chi connectivity index (χ3v) is 8.23. The molecular formula is C26H36Br2Cl2N2O2. The molecule has 1 N–H and O–H groups in total. The minimum atomic E-state index is -0.646. The van der Waals surface area contributed by atoms with Gasteiger partial charge in [-0.05, 0) is 75.0 Å². The van der Waals surface area contributed by atoms with Crippen LogP contribution in [0.2, 0.25) is 0 Å². The lowest BCUT2D eigenvalue weighted by Gasteiger charge is -2.43. The number of likely N-dealkylation sites (N-methyl/N-ethyl adjacent to an activating group) is 1. The summed E-state index contributed by atoms with van der Waals surface area (Å²) in [6.07, 6.45) is 5.20. The number of halogens is 4. The smallest absolute Gasteiger partial charge is 0.148 e. The van der Waals surface area contributed by atoms with Crippen LogP contribution in [0, 0.1) is 0 Å². The SMILES string of the molecule is CN1CCN(CC(c2cc(Br)c(OCc3ccccc3)c(Br)c2)C2(O)CCCCC2)CC1.Cl.Cl. The highest BCUT2D eigenvalue weighted by atomic mass is 79.9. The Hall–Kier alpha value is -0.340. The molecule has 1 saturated carbocycles. The van der Waals surface area contributed by atoms with Crippen molar-refractivity contribution in [1.29, 1.82) is 0 Å². The van der Waals surface area contributed by atoms with Gasteiger partial charge in [-0.2, -0.15) is 0 Å². The summed E-state index contributed by atoms with van der Waals surface area (Å²) in [5.41, 5.74) is 1.67. The quantitative estimate of drug-likeness (QED) is 0.368. The number of hydrogen-bond acceptors (Lipinski definition) is 4. The van der Waals surface area contributed by atoms with Gasteiger partial charge in [0.05, 0.1) is 14.5 Å². The Balaban J connectivity index is 0.00000204. The fourth-order valence-corrected chi connectivity index (χ4v) is 6.49. The molecule has 2 fully saturated rings. The molecule has 4 rings (SSSR count). The van der Waals surface area contributed by atoms with E-state index >= 15 is 0 Å². The summed E-state index contributed by atoms with van der Waals surface area (Å²) in [4.78, 5) is 4.91. The maximum absolute atomic E-state index is 11.8. The molecule has 34 heavy (non-hydrogen) atoms. The number of hydrogen-bond donors (Lipinski definition) is 1. The van der Waals surface area contributed by atoms with Crippen LogP contribution in [0.5, 0.6) is 5.75 Å². The Morgan fingerprint density at radius 1 is 0.941 bits per heavy atom. The maximum Gasteiger partial charge on any atom is 0.148 e. The fraction of sp³-hybridized carbons (Fsp3) is 0.538. The van der Waals surface area contributed by atoms with E-state index in [-0.39, 0.29) is 30.7 Å². The molecule has 2 aromatic rings. The van der Waals surface area contributed by atoms with Crippen molar-refractivity contribution in [3.63, 3.8) is 0 Å². The zero-order chi connectivity index (χ0) is 22.6. The van der Waals surface area contributed by atoms with Gasteiger partial charge in [-0.3, -0.25) is 0 Å². The van der Waals surface area contributed by atoms with Crippen LogP contribution < -0.4 is 4.74 Å². The van der Waals surface area contributed by atoms with Crippen LogP contribution >= 0.6 is 56.7 Å². The van der Waals surface area contributed by atoms with E-state index in [2.05, 4.69) is 73.0 Å². The zero-order valence-electron chi connectivity index (χ0n) is 19.7. The van der Waals surface area contributed by atoms with E-state index in [9.17, 15) is 5.11 Å². The molecule has 0 bridgehead atoms. The molecule has 1 aliphatic heterocycles. The first-order valence-corrected chi connectivity index (χ1v) is 13.3. The molecule has 1 saturated heterocycles. The number of aliphatic hydroxyl groups is 1. The van der Waals surface area contributed by atoms with Crippen molar-refractivity contribution < 1.29 is 9.84 Å². The number of benzene rings is 2. The third kappa shape index (κ3) is 7.58. The second-order valence-electron chi connectivity index (χ2n) is 9.41. The van der Waals surface area contributed by atoms with Gasteiger partial charge < -0.3 is 19.6 Å². The van der Waals surface area contributed by atoms with Crippen molar-refractivity contribution in [3.05, 3.63) is 62.5 Å². The van der Waals surface area contributed by atoms with Gasteiger partial charge in [0.2, 0.25) is 0 Å². The Morgan fingerprint density at radius 3 is 2.12 bits per heavy atom. The average molecular weight is 639 g/mol. The number of piperazine rings is 1. The van der Waals surface area contributed by atoms with Crippen molar-refractivity contribution in [2.45, 2.75) is 50.2 Å². The van der Waals surface area contributed by atoms with E-state index in [0.717, 1.165) is 78.7 Å². The highest BCUT2D eigenvalue weighted by Gasteiger charge is 2.40. The highest BCUT2D eigenvalue weighted by Crippen LogP contribution is 2.44. The molecule has 1 aliphatic carbocycles. The largest absolute Gasteiger partial charge is 0.487 e. The molecule has 0 aromatic heterocycles. The van der Waals surface area contributed by atoms with E-state index in [4.69, 9.17) is 4.74 Å². The first kappa shape index (κ1) is 29.9. The van der Waals surface area contributed by atoms with Crippen molar-refractivity contribution in [2.24, 2.45) is 0 Å². The lowest BCUT2D eigenvalue weighted by molar-refractivity contribution is -0.0337. The molecule has 2 aromatic carbocycles. The number of rotatable bonds is 7. The second kappa shape index (κ2) is 13.8. The lowest BCUT2D eigenvalue weighted by Crippen LogP contribution is -2.50. The molecule has 2 aliphatic rings. The molecule has 4 nitrogen and oxygen atoms in total. The Morgan fingerprint density at radius 2 is 1.53 bits per heavy atom. The second-order valence-corrected chi connectivity index (χ2v) is 11.1. The first-order chi connectivity index (χ1) is 15.4. The van der Waals surface area contributed by atoms with Gasteiger partial charge in [0.25, 0.3) is 0 Å². The van der Waals surface area contributed by atoms with E-state index in [1.54, 1.807) is 0 Å². The van der Waals surface area contributed by atoms with Crippen molar-refractivity contribution in [2.75, 3.05) is 39.8 Å². The topological polar surface area (TPSA) is 35.9 Å². The summed E-state index contributed by atoms with van der Waals surface area (Å²) >= 11 is 7.52. The minimum absolute atomic E-state index is 0. The van der Waals surface area contributed by atoms with E-state index in [0.29, 0.717) is 6.61 Å². The van der Waals surface area contributed by atoms with Gasteiger partial charge in [0.1, 0.15) is 12.4 Å². The third-order valence-electron chi connectivity index (χ3n) is 7.05. The van der Waals surface area contributed by atoms with Gasteiger partial charge in [-0.25, -0.2) is 0 Å². The Bertz CT molecular complexity index is 867. The molecule has 1 heterocycles. The lowest BCUT2D eigenvalue weighted by atomic mass is 9.72. The van der Waals surface area contributed by atoms with Crippen molar-refractivity contribution in [3.8, 4) is 5.75 Å². The zero-order valence-corrected chi connectivity index (χ0v) is 24.5. The van der Waals surface area contributed by atoms with Gasteiger partial charge in [0.15, 0.2) is 0 Å². The standard InChI is InChI=1S/C26H34Br2N2O2.2ClH/c1-29-12-14-30(15-13-29)18-22(26(31)10-6-3-7-11-26)21-16-23(27)25(24(28)17-21)32-19-20-8-4-2-5-9-20;;/h2,4-5,8-9,16-17,22,31H,3,6-7,10-15,18-19H2,1H3;2*1H. The molecule has 1 atom stereocenters. The predicted molar refractivity (Wildman–Crippen MR) is 152 cm³/mol. The molecule has 1 unspecified atom stereocenters. The van der Waals surface area contributed by atoms with Crippen LogP contribution in [-0.4, -0.2) is 60.3 Å². The molecule has 0 radical (unpaired) electrons. The van der Waals surface area contributed by atoms with Crippen LogP contribution in [0.4, 0.5) is 0 Å². The monoisotopic (exact) mass is 636 g/mol. The predicted octanol–water partition coefficient (Wildman–Crippen LogP) is 6.66. The molecule has 0 spiro atoms. The first-order valence-electron chi connectivity index (χ1n) is 11.7. The van der Waals surface area contributed by atoms with Gasteiger partial charge in [0, 0.05) is 38.6 Å². The van der Waals surface area contributed by atoms with Gasteiger partial charge in [-0.1, -0.05) is 49.6 Å². The summed E-state index contributed by atoms with van der Waals surface area (Å²) < 4.78 is 8.01. The molecular weight excluding hydrogens is 603 g/mol. The van der Waals surface area contributed by atoms with Crippen molar-refractivity contribution >= 4 is 56.7 Å². The Labute approximate surface area is 233 Å². The van der Waals surface area contributed by atoms with Crippen LogP contribution in [0.1, 0.15) is 49.1 Å². The molecule has 190 valence electrons. The van der Waals surface area contributed by atoms with Gasteiger partial charge in [-0.15, -0.1) is 24.8 Å². The maximum atomic E-state index is 11.8. The van der Waals surface area contributed by atoms with E-state index in [1.165, 1.54) is 12.0 Å². The average Bonchev–Trinajstić information content (AvgIpc) is 2.79. The summed E-state index contributed by atoms with van der Waals surface area (Å²) in [6.45, 7) is 5.71. The van der Waals surface area contributed by atoms with E-state index < -0.39 is 5.60 Å². The normalized spacial score (nSPS) is 19.5. The number of nitrogens with zero attached hydrogens (tertiary/aromatic N) is 2. The van der Waals surface area contributed by atoms with Crippen molar-refractivity contribution in [1.82, 2.24) is 9.80 Å². The van der Waals surface area contributed by atoms with Crippen LogP contribution in [0.3, 0.4) is 0 Å². The molecule has 0 amide bonds. The Kier molecular flexibility index (Phi) is 12.2. The van der Waals surface area contributed by atoms with Crippen LogP contribution in [-0.2, 0) is 6.61 Å².